The second kappa shape index (κ2) is 7.77. The Labute approximate surface area is 166 Å². The third-order valence-corrected chi connectivity index (χ3v) is 4.46. The van der Waals surface area contributed by atoms with E-state index >= 15 is 0 Å². The molecular formula is C18H19FN6O2S. The summed E-state index contributed by atoms with van der Waals surface area (Å²) in [7, 11) is 1.54. The number of aromatic nitrogens is 4. The van der Waals surface area contributed by atoms with Gasteiger partial charge in [-0.1, -0.05) is 12.1 Å². The number of nitrogens with one attached hydrogen (secondary N) is 2. The van der Waals surface area contributed by atoms with Crippen molar-refractivity contribution in [1.29, 1.82) is 0 Å². The van der Waals surface area contributed by atoms with Gasteiger partial charge in [0.05, 0.1) is 35.5 Å². The molecule has 28 heavy (non-hydrogen) atoms. The van der Waals surface area contributed by atoms with E-state index in [0.717, 1.165) is 22.6 Å². The zero-order valence-electron chi connectivity index (χ0n) is 15.5. The van der Waals surface area contributed by atoms with Crippen LogP contribution in [-0.4, -0.2) is 35.7 Å². The summed E-state index contributed by atoms with van der Waals surface area (Å²) in [5.41, 5.74) is 3.51. The molecule has 146 valence electrons. The molecule has 0 saturated heterocycles. The summed E-state index contributed by atoms with van der Waals surface area (Å²) in [4.78, 5) is 11.3. The van der Waals surface area contributed by atoms with Gasteiger partial charge in [0.2, 0.25) is 0 Å². The molecule has 0 spiro atoms. The van der Waals surface area contributed by atoms with Crippen molar-refractivity contribution in [2.75, 3.05) is 10.6 Å². The van der Waals surface area contributed by atoms with E-state index in [-0.39, 0.29) is 16.6 Å². The van der Waals surface area contributed by atoms with E-state index < -0.39 is 5.97 Å². The van der Waals surface area contributed by atoms with Crippen molar-refractivity contribution in [3.63, 3.8) is 0 Å². The molecule has 2 aromatic heterocycles. The van der Waals surface area contributed by atoms with Gasteiger partial charge in [-0.3, -0.25) is 9.36 Å². The van der Waals surface area contributed by atoms with Crippen LogP contribution in [-0.2, 0) is 13.6 Å². The highest BCUT2D eigenvalue weighted by atomic mass is 32.1. The van der Waals surface area contributed by atoms with Crippen LogP contribution in [0.2, 0.25) is 0 Å². The lowest BCUT2D eigenvalue weighted by atomic mass is 10.2. The molecule has 1 aromatic carbocycles. The van der Waals surface area contributed by atoms with Crippen LogP contribution < -0.4 is 10.6 Å². The Morgan fingerprint density at radius 2 is 1.93 bits per heavy atom. The molecule has 0 aliphatic carbocycles. The minimum absolute atomic E-state index is 0.00426. The number of hydrogen-bond acceptors (Lipinski definition) is 4. The molecule has 10 heteroatoms. The van der Waals surface area contributed by atoms with Crippen LogP contribution in [0.1, 0.15) is 27.4 Å². The van der Waals surface area contributed by atoms with Crippen molar-refractivity contribution in [2.45, 2.75) is 20.4 Å². The Hall–Kier alpha value is -3.27. The van der Waals surface area contributed by atoms with E-state index in [2.05, 4.69) is 20.8 Å². The van der Waals surface area contributed by atoms with Crippen LogP contribution in [0.5, 0.6) is 0 Å². The van der Waals surface area contributed by atoms with Gasteiger partial charge in [0, 0.05) is 7.05 Å². The van der Waals surface area contributed by atoms with E-state index in [1.807, 2.05) is 13.8 Å². The van der Waals surface area contributed by atoms with Crippen LogP contribution in [0.3, 0.4) is 0 Å². The summed E-state index contributed by atoms with van der Waals surface area (Å²) >= 11 is 5.32. The number of anilines is 2. The quantitative estimate of drug-likeness (QED) is 0.565. The highest BCUT2D eigenvalue weighted by Crippen LogP contribution is 2.22. The van der Waals surface area contributed by atoms with Gasteiger partial charge in [-0.15, -0.1) is 0 Å². The molecule has 0 fully saturated rings. The number of benzene rings is 1. The molecular weight excluding hydrogens is 383 g/mol. The third kappa shape index (κ3) is 4.01. The molecule has 8 nitrogen and oxygen atoms in total. The number of aromatic carboxylic acids is 1. The van der Waals surface area contributed by atoms with Crippen molar-refractivity contribution < 1.29 is 14.3 Å². The molecule has 0 radical (unpaired) electrons. The smallest absolute Gasteiger partial charge is 0.356 e. The molecule has 0 aliphatic rings. The van der Waals surface area contributed by atoms with Crippen LogP contribution in [0.4, 0.5) is 15.8 Å². The second-order valence-electron chi connectivity index (χ2n) is 6.24. The van der Waals surface area contributed by atoms with Crippen molar-refractivity contribution in [3.05, 3.63) is 58.9 Å². The first-order valence-electron chi connectivity index (χ1n) is 8.38. The number of carboxylic acids is 1. The summed E-state index contributed by atoms with van der Waals surface area (Å²) in [6.07, 6.45) is 1.40. The number of halogens is 1. The summed E-state index contributed by atoms with van der Waals surface area (Å²) in [6, 6.07) is 6.24. The Balaban J connectivity index is 1.76. The number of rotatable bonds is 5. The van der Waals surface area contributed by atoms with E-state index in [0.29, 0.717) is 12.2 Å². The Bertz CT molecular complexity index is 1040. The zero-order valence-corrected chi connectivity index (χ0v) is 16.3. The maximum absolute atomic E-state index is 13.1. The Kier molecular flexibility index (Phi) is 5.41. The first-order valence-corrected chi connectivity index (χ1v) is 8.79. The predicted octanol–water partition coefficient (Wildman–Crippen LogP) is 2.93. The van der Waals surface area contributed by atoms with Crippen molar-refractivity contribution in [3.8, 4) is 0 Å². The number of aryl methyl sites for hydroxylation is 2. The minimum atomic E-state index is -1.11. The molecule has 0 bridgehead atoms. The molecule has 0 amide bonds. The van der Waals surface area contributed by atoms with Gasteiger partial charge in [0.1, 0.15) is 5.82 Å². The van der Waals surface area contributed by atoms with Crippen LogP contribution in [0.15, 0.2) is 30.5 Å². The minimum Gasteiger partial charge on any atom is -0.476 e. The van der Waals surface area contributed by atoms with Crippen molar-refractivity contribution >= 4 is 34.7 Å². The third-order valence-electron chi connectivity index (χ3n) is 4.26. The van der Waals surface area contributed by atoms with Crippen LogP contribution >= 0.6 is 12.2 Å². The topological polar surface area (TPSA) is 97.0 Å². The lowest BCUT2D eigenvalue weighted by Gasteiger charge is -2.11. The largest absolute Gasteiger partial charge is 0.476 e. The molecule has 0 unspecified atom stereocenters. The molecule has 0 atom stereocenters. The van der Waals surface area contributed by atoms with Crippen molar-refractivity contribution in [1.82, 2.24) is 19.6 Å². The van der Waals surface area contributed by atoms with Crippen molar-refractivity contribution in [2.24, 2.45) is 7.05 Å². The summed E-state index contributed by atoms with van der Waals surface area (Å²) in [6.45, 7) is 4.22. The maximum atomic E-state index is 13.1. The lowest BCUT2D eigenvalue weighted by molar-refractivity contribution is 0.0686. The molecule has 0 aliphatic heterocycles. The van der Waals surface area contributed by atoms with E-state index in [1.54, 1.807) is 23.9 Å². The first-order chi connectivity index (χ1) is 13.3. The lowest BCUT2D eigenvalue weighted by Crippen LogP contribution is -2.21. The van der Waals surface area contributed by atoms with Gasteiger partial charge in [0.25, 0.3) is 0 Å². The molecule has 0 saturated carbocycles. The second-order valence-corrected chi connectivity index (χ2v) is 6.65. The van der Waals surface area contributed by atoms with Crippen LogP contribution in [0.25, 0.3) is 0 Å². The highest BCUT2D eigenvalue weighted by molar-refractivity contribution is 7.80. The molecule has 3 rings (SSSR count). The van der Waals surface area contributed by atoms with Gasteiger partial charge in [-0.25, -0.2) is 9.18 Å². The SMILES string of the molecule is Cc1nn(Cc2ccc(F)cc2)c(C)c1NC(=S)Nc1cnn(C)c1C(=O)O. The fourth-order valence-electron chi connectivity index (χ4n) is 2.84. The van der Waals surface area contributed by atoms with Crippen LogP contribution in [0, 0.1) is 19.7 Å². The number of thiocarbonyl (C=S) groups is 1. The number of carboxylic acid groups (broad SMARTS) is 1. The van der Waals surface area contributed by atoms with Gasteiger partial charge in [-0.05, 0) is 43.8 Å². The zero-order chi connectivity index (χ0) is 20.4. The standard InChI is InChI=1S/C18H19FN6O2S/c1-10-15(11(2)25(23-10)9-12-4-6-13(19)7-5-12)22-18(28)21-14-8-20-24(3)16(14)17(26)27/h4-8H,9H2,1-3H3,(H,26,27)(H2,21,22,28). The fourth-order valence-corrected chi connectivity index (χ4v) is 3.06. The first kappa shape index (κ1) is 19.5. The summed E-state index contributed by atoms with van der Waals surface area (Å²) in [5.74, 6) is -1.39. The number of nitrogens with zero attached hydrogens (tertiary/aromatic N) is 4. The number of hydrogen-bond donors (Lipinski definition) is 3. The molecule has 2 heterocycles. The van der Waals surface area contributed by atoms with Gasteiger partial charge >= 0.3 is 5.97 Å². The number of carbonyl (C=O) groups is 1. The Morgan fingerprint density at radius 3 is 2.57 bits per heavy atom. The maximum Gasteiger partial charge on any atom is 0.356 e. The highest BCUT2D eigenvalue weighted by Gasteiger charge is 2.18. The van der Waals surface area contributed by atoms with E-state index in [4.69, 9.17) is 12.2 Å². The normalized spacial score (nSPS) is 10.7. The monoisotopic (exact) mass is 402 g/mol. The molecule has 3 N–H and O–H groups in total. The average Bonchev–Trinajstić information content (AvgIpc) is 3.11. The predicted molar refractivity (Wildman–Crippen MR) is 107 cm³/mol. The fraction of sp³-hybridized carbons (Fsp3) is 0.222. The van der Waals surface area contributed by atoms with E-state index in [1.165, 1.54) is 23.0 Å². The van der Waals surface area contributed by atoms with E-state index in [9.17, 15) is 14.3 Å². The van der Waals surface area contributed by atoms with Gasteiger partial charge in [0.15, 0.2) is 10.8 Å². The van der Waals surface area contributed by atoms with Gasteiger partial charge < -0.3 is 15.7 Å². The summed E-state index contributed by atoms with van der Waals surface area (Å²) in [5, 5.41) is 23.9. The average molecular weight is 402 g/mol. The molecule has 3 aromatic rings. The van der Waals surface area contributed by atoms with Gasteiger partial charge in [-0.2, -0.15) is 10.2 Å². The summed E-state index contributed by atoms with van der Waals surface area (Å²) < 4.78 is 16.1. The Morgan fingerprint density at radius 1 is 1.25 bits per heavy atom.